The summed E-state index contributed by atoms with van der Waals surface area (Å²) in [5.74, 6) is 0.774. The van der Waals surface area contributed by atoms with Crippen LogP contribution in [0, 0.1) is 6.92 Å². The minimum atomic E-state index is 0.451. The quantitative estimate of drug-likeness (QED) is 0.705. The number of hydrogen-bond donors (Lipinski definition) is 0. The SMILES string of the molecule is Cc1cn2cccc(OCc3ccccn3)c2n1. The summed E-state index contributed by atoms with van der Waals surface area (Å²) in [6.07, 6.45) is 5.70. The van der Waals surface area contributed by atoms with Gasteiger partial charge in [-0.2, -0.15) is 0 Å². The smallest absolute Gasteiger partial charge is 0.179 e. The average molecular weight is 239 g/mol. The number of aryl methyl sites for hydroxylation is 1. The first kappa shape index (κ1) is 10.8. The first-order valence-electron chi connectivity index (χ1n) is 5.80. The van der Waals surface area contributed by atoms with Crippen LogP contribution in [0.4, 0.5) is 0 Å². The number of imidazole rings is 1. The molecule has 0 unspecified atom stereocenters. The molecule has 0 amide bonds. The molecule has 0 aromatic carbocycles. The molecule has 4 heteroatoms. The van der Waals surface area contributed by atoms with Gasteiger partial charge in [0.15, 0.2) is 11.4 Å². The number of ether oxygens (including phenoxy) is 1. The third-order valence-corrected chi connectivity index (χ3v) is 2.67. The number of pyridine rings is 2. The summed E-state index contributed by atoms with van der Waals surface area (Å²) in [7, 11) is 0. The summed E-state index contributed by atoms with van der Waals surface area (Å²) in [5, 5.41) is 0. The van der Waals surface area contributed by atoms with Gasteiger partial charge in [0.2, 0.25) is 0 Å². The lowest BCUT2D eigenvalue weighted by Gasteiger charge is -2.06. The summed E-state index contributed by atoms with van der Waals surface area (Å²) in [5.41, 5.74) is 2.72. The molecule has 0 saturated heterocycles. The maximum absolute atomic E-state index is 5.77. The fraction of sp³-hybridized carbons (Fsp3) is 0.143. The second-order valence-corrected chi connectivity index (χ2v) is 4.10. The number of nitrogens with zero attached hydrogens (tertiary/aromatic N) is 3. The molecule has 0 radical (unpaired) electrons. The molecule has 0 N–H and O–H groups in total. The van der Waals surface area contributed by atoms with Crippen LogP contribution in [0.2, 0.25) is 0 Å². The Bertz CT molecular complexity index is 661. The van der Waals surface area contributed by atoms with Crippen molar-refractivity contribution in [2.45, 2.75) is 13.5 Å². The number of rotatable bonds is 3. The normalized spacial score (nSPS) is 10.7. The molecule has 0 aliphatic rings. The first-order chi connectivity index (χ1) is 8.83. The van der Waals surface area contributed by atoms with Crippen molar-refractivity contribution in [3.63, 3.8) is 0 Å². The molecule has 0 aliphatic heterocycles. The average Bonchev–Trinajstić information content (AvgIpc) is 2.78. The molecule has 3 rings (SSSR count). The van der Waals surface area contributed by atoms with E-state index in [-0.39, 0.29) is 0 Å². The maximum Gasteiger partial charge on any atom is 0.179 e. The van der Waals surface area contributed by atoms with E-state index in [0.717, 1.165) is 22.8 Å². The molecule has 0 atom stereocenters. The predicted molar refractivity (Wildman–Crippen MR) is 68.5 cm³/mol. The van der Waals surface area contributed by atoms with Crippen molar-refractivity contribution in [1.82, 2.24) is 14.4 Å². The van der Waals surface area contributed by atoms with Crippen LogP contribution in [-0.2, 0) is 6.61 Å². The highest BCUT2D eigenvalue weighted by molar-refractivity contribution is 5.54. The molecule has 3 aromatic heterocycles. The van der Waals surface area contributed by atoms with Gasteiger partial charge in [0.05, 0.1) is 11.4 Å². The van der Waals surface area contributed by atoms with Gasteiger partial charge in [-0.1, -0.05) is 6.07 Å². The Balaban J connectivity index is 1.86. The molecule has 3 heterocycles. The van der Waals surface area contributed by atoms with Crippen molar-refractivity contribution in [2.24, 2.45) is 0 Å². The summed E-state index contributed by atoms with van der Waals surface area (Å²) in [6, 6.07) is 9.65. The van der Waals surface area contributed by atoms with Gasteiger partial charge in [-0.15, -0.1) is 0 Å². The van der Waals surface area contributed by atoms with Gasteiger partial charge in [-0.3, -0.25) is 4.98 Å². The molecule has 18 heavy (non-hydrogen) atoms. The van der Waals surface area contributed by atoms with E-state index >= 15 is 0 Å². The molecule has 4 nitrogen and oxygen atoms in total. The Morgan fingerprint density at radius 1 is 1.22 bits per heavy atom. The zero-order valence-corrected chi connectivity index (χ0v) is 10.1. The van der Waals surface area contributed by atoms with Crippen molar-refractivity contribution >= 4 is 5.65 Å². The second kappa shape index (κ2) is 4.49. The van der Waals surface area contributed by atoms with Crippen LogP contribution in [0.1, 0.15) is 11.4 Å². The minimum absolute atomic E-state index is 0.451. The van der Waals surface area contributed by atoms with E-state index in [9.17, 15) is 0 Å². The van der Waals surface area contributed by atoms with Gasteiger partial charge in [0.1, 0.15) is 6.61 Å². The third kappa shape index (κ3) is 2.05. The Morgan fingerprint density at radius 2 is 2.17 bits per heavy atom. The Hall–Kier alpha value is -2.36. The lowest BCUT2D eigenvalue weighted by atomic mass is 10.4. The largest absolute Gasteiger partial charge is 0.483 e. The fourth-order valence-corrected chi connectivity index (χ4v) is 1.86. The van der Waals surface area contributed by atoms with E-state index in [2.05, 4.69) is 9.97 Å². The van der Waals surface area contributed by atoms with Gasteiger partial charge in [-0.25, -0.2) is 4.98 Å². The summed E-state index contributed by atoms with van der Waals surface area (Å²) >= 11 is 0. The molecule has 3 aromatic rings. The molecule has 0 fully saturated rings. The standard InChI is InChI=1S/C14H13N3O/c1-11-9-17-8-4-6-13(14(17)16-11)18-10-12-5-2-3-7-15-12/h2-9H,10H2,1H3. The van der Waals surface area contributed by atoms with Gasteiger partial charge >= 0.3 is 0 Å². The fourth-order valence-electron chi connectivity index (χ4n) is 1.86. The zero-order chi connectivity index (χ0) is 12.4. The van der Waals surface area contributed by atoms with Crippen molar-refractivity contribution in [2.75, 3.05) is 0 Å². The van der Waals surface area contributed by atoms with E-state index in [4.69, 9.17) is 4.74 Å². The van der Waals surface area contributed by atoms with E-state index in [1.807, 2.05) is 54.0 Å². The minimum Gasteiger partial charge on any atom is -0.483 e. The molecule has 0 spiro atoms. The Morgan fingerprint density at radius 3 is 3.00 bits per heavy atom. The van der Waals surface area contributed by atoms with Crippen molar-refractivity contribution in [1.29, 1.82) is 0 Å². The van der Waals surface area contributed by atoms with Crippen LogP contribution < -0.4 is 4.74 Å². The molecule has 0 aliphatic carbocycles. The monoisotopic (exact) mass is 239 g/mol. The van der Waals surface area contributed by atoms with Crippen molar-refractivity contribution in [3.05, 3.63) is 60.3 Å². The van der Waals surface area contributed by atoms with Crippen molar-refractivity contribution < 1.29 is 4.74 Å². The van der Waals surface area contributed by atoms with Gasteiger partial charge in [0, 0.05) is 18.6 Å². The lowest BCUT2D eigenvalue weighted by molar-refractivity contribution is 0.303. The highest BCUT2D eigenvalue weighted by Gasteiger charge is 2.05. The first-order valence-corrected chi connectivity index (χ1v) is 5.80. The maximum atomic E-state index is 5.77. The number of hydrogen-bond acceptors (Lipinski definition) is 3. The summed E-state index contributed by atoms with van der Waals surface area (Å²) in [4.78, 5) is 8.67. The predicted octanol–water partition coefficient (Wildman–Crippen LogP) is 2.62. The number of aromatic nitrogens is 3. The van der Waals surface area contributed by atoms with Gasteiger partial charge < -0.3 is 9.14 Å². The Kier molecular flexibility index (Phi) is 2.68. The lowest BCUT2D eigenvalue weighted by Crippen LogP contribution is -1.99. The summed E-state index contributed by atoms with van der Waals surface area (Å²) in [6.45, 7) is 2.42. The van der Waals surface area contributed by atoms with Crippen LogP contribution in [0.3, 0.4) is 0 Å². The molecule has 0 bridgehead atoms. The second-order valence-electron chi connectivity index (χ2n) is 4.10. The molecular weight excluding hydrogens is 226 g/mol. The van der Waals surface area contributed by atoms with E-state index < -0.39 is 0 Å². The van der Waals surface area contributed by atoms with Gasteiger partial charge in [0.25, 0.3) is 0 Å². The van der Waals surface area contributed by atoms with E-state index in [1.165, 1.54) is 0 Å². The highest BCUT2D eigenvalue weighted by atomic mass is 16.5. The van der Waals surface area contributed by atoms with E-state index in [0.29, 0.717) is 6.61 Å². The molecular formula is C14H13N3O. The number of fused-ring (bicyclic) bond motifs is 1. The Labute approximate surface area is 105 Å². The van der Waals surface area contributed by atoms with Crippen LogP contribution in [0.25, 0.3) is 5.65 Å². The summed E-state index contributed by atoms with van der Waals surface area (Å²) < 4.78 is 7.73. The van der Waals surface area contributed by atoms with Crippen LogP contribution >= 0.6 is 0 Å². The molecule has 90 valence electrons. The van der Waals surface area contributed by atoms with Crippen LogP contribution in [-0.4, -0.2) is 14.4 Å². The van der Waals surface area contributed by atoms with Crippen molar-refractivity contribution in [3.8, 4) is 5.75 Å². The highest BCUT2D eigenvalue weighted by Crippen LogP contribution is 2.19. The third-order valence-electron chi connectivity index (χ3n) is 2.67. The van der Waals surface area contributed by atoms with E-state index in [1.54, 1.807) is 6.20 Å². The zero-order valence-electron chi connectivity index (χ0n) is 10.1. The van der Waals surface area contributed by atoms with Crippen LogP contribution in [0.5, 0.6) is 5.75 Å². The van der Waals surface area contributed by atoms with Crippen LogP contribution in [0.15, 0.2) is 48.9 Å². The topological polar surface area (TPSA) is 39.4 Å². The van der Waals surface area contributed by atoms with Gasteiger partial charge in [-0.05, 0) is 31.2 Å². The molecule has 0 saturated carbocycles.